The monoisotopic (exact) mass is 301 g/mol. The summed E-state index contributed by atoms with van der Waals surface area (Å²) in [5.41, 5.74) is -0.206. The lowest BCUT2D eigenvalue weighted by Gasteiger charge is -2.25. The van der Waals surface area contributed by atoms with Crippen molar-refractivity contribution in [3.05, 3.63) is 52.9 Å². The molecule has 0 unspecified atom stereocenters. The first-order valence-electron chi connectivity index (χ1n) is 6.92. The summed E-state index contributed by atoms with van der Waals surface area (Å²) in [5.74, 6) is 0.903. The van der Waals surface area contributed by atoms with E-state index in [1.165, 1.54) is 16.9 Å². The lowest BCUT2D eigenvalue weighted by Crippen LogP contribution is -2.45. The fourth-order valence-electron chi connectivity index (χ4n) is 2.10. The van der Waals surface area contributed by atoms with Crippen LogP contribution in [0.1, 0.15) is 0 Å². The van der Waals surface area contributed by atoms with Crippen LogP contribution in [0.3, 0.4) is 0 Å². The molecule has 7 heteroatoms. The highest BCUT2D eigenvalue weighted by molar-refractivity contribution is 5.81. The molecule has 114 valence electrons. The molecule has 2 heterocycles. The number of amides is 1. The van der Waals surface area contributed by atoms with Crippen LogP contribution in [0.2, 0.25) is 0 Å². The maximum absolute atomic E-state index is 12.1. The van der Waals surface area contributed by atoms with Crippen LogP contribution in [-0.4, -0.2) is 34.9 Å². The van der Waals surface area contributed by atoms with Gasteiger partial charge in [0.05, 0.1) is 6.54 Å². The summed E-state index contributed by atoms with van der Waals surface area (Å²) in [6, 6.07) is 10.2. The van der Waals surface area contributed by atoms with Gasteiger partial charge in [0, 0.05) is 18.8 Å². The van der Waals surface area contributed by atoms with Crippen LogP contribution in [0, 0.1) is 0 Å². The third-order valence-corrected chi connectivity index (χ3v) is 3.21. The zero-order valence-electron chi connectivity index (χ0n) is 11.8. The van der Waals surface area contributed by atoms with Gasteiger partial charge in [0.15, 0.2) is 11.5 Å². The van der Waals surface area contributed by atoms with E-state index >= 15 is 0 Å². The van der Waals surface area contributed by atoms with E-state index in [4.69, 9.17) is 9.47 Å². The van der Waals surface area contributed by atoms with Gasteiger partial charge >= 0.3 is 0 Å². The smallest absolute Gasteiger partial charge is 0.266 e. The molecular formula is C15H15N3O4. The lowest BCUT2D eigenvalue weighted by atomic mass is 10.2. The minimum Gasteiger partial charge on any atom is -0.485 e. The Labute approximate surface area is 126 Å². The number of carbonyl (C=O) groups excluding carboxylic acids is 1. The zero-order chi connectivity index (χ0) is 15.4. The van der Waals surface area contributed by atoms with E-state index in [0.717, 1.165) is 0 Å². The van der Waals surface area contributed by atoms with Crippen LogP contribution in [0.15, 0.2) is 47.4 Å². The third-order valence-electron chi connectivity index (χ3n) is 3.21. The van der Waals surface area contributed by atoms with E-state index in [1.807, 2.05) is 12.1 Å². The van der Waals surface area contributed by atoms with Gasteiger partial charge < -0.3 is 14.8 Å². The fraction of sp³-hybridized carbons (Fsp3) is 0.267. The number of para-hydroxylation sites is 2. The second-order valence-electron chi connectivity index (χ2n) is 4.74. The van der Waals surface area contributed by atoms with Crippen LogP contribution < -0.4 is 20.3 Å². The highest BCUT2D eigenvalue weighted by Gasteiger charge is 2.26. The van der Waals surface area contributed by atoms with Gasteiger partial charge in [-0.25, -0.2) is 4.68 Å². The maximum Gasteiger partial charge on any atom is 0.266 e. The van der Waals surface area contributed by atoms with E-state index in [2.05, 4.69) is 10.4 Å². The molecule has 3 rings (SSSR count). The summed E-state index contributed by atoms with van der Waals surface area (Å²) in [5, 5.41) is 6.63. The van der Waals surface area contributed by atoms with Crippen LogP contribution in [-0.2, 0) is 11.3 Å². The quantitative estimate of drug-likeness (QED) is 0.872. The Balaban J connectivity index is 1.53. The first-order valence-corrected chi connectivity index (χ1v) is 6.92. The van der Waals surface area contributed by atoms with E-state index in [-0.39, 0.29) is 24.6 Å². The molecule has 1 aromatic heterocycles. The van der Waals surface area contributed by atoms with Crippen molar-refractivity contribution in [2.24, 2.45) is 0 Å². The molecule has 22 heavy (non-hydrogen) atoms. The zero-order valence-corrected chi connectivity index (χ0v) is 11.8. The van der Waals surface area contributed by atoms with Gasteiger partial charge in [0.1, 0.15) is 6.61 Å². The van der Waals surface area contributed by atoms with E-state index in [0.29, 0.717) is 18.0 Å². The Morgan fingerprint density at radius 1 is 1.27 bits per heavy atom. The second-order valence-corrected chi connectivity index (χ2v) is 4.74. The van der Waals surface area contributed by atoms with Crippen molar-refractivity contribution in [1.82, 2.24) is 15.1 Å². The average Bonchev–Trinajstić information content (AvgIpc) is 2.56. The van der Waals surface area contributed by atoms with Crippen molar-refractivity contribution >= 4 is 5.91 Å². The largest absolute Gasteiger partial charge is 0.485 e. The fourth-order valence-corrected chi connectivity index (χ4v) is 2.10. The summed E-state index contributed by atoms with van der Waals surface area (Å²) in [4.78, 5) is 23.5. The minimum absolute atomic E-state index is 0.159. The summed E-state index contributed by atoms with van der Waals surface area (Å²) < 4.78 is 12.4. The van der Waals surface area contributed by atoms with Crippen LogP contribution in [0.4, 0.5) is 0 Å². The van der Waals surface area contributed by atoms with Gasteiger partial charge in [-0.1, -0.05) is 12.1 Å². The number of aromatic nitrogens is 2. The Morgan fingerprint density at radius 3 is 2.91 bits per heavy atom. The average molecular weight is 301 g/mol. The molecule has 1 amide bonds. The van der Waals surface area contributed by atoms with Crippen molar-refractivity contribution in [3.8, 4) is 11.5 Å². The Kier molecular flexibility index (Phi) is 4.04. The number of rotatable bonds is 4. The van der Waals surface area contributed by atoms with E-state index < -0.39 is 6.10 Å². The highest BCUT2D eigenvalue weighted by atomic mass is 16.6. The first kappa shape index (κ1) is 14.1. The van der Waals surface area contributed by atoms with Gasteiger partial charge in [-0.05, 0) is 18.2 Å². The normalized spacial score (nSPS) is 16.1. The number of hydrogen-bond acceptors (Lipinski definition) is 5. The molecule has 0 spiro atoms. The van der Waals surface area contributed by atoms with E-state index in [1.54, 1.807) is 18.2 Å². The molecule has 0 bridgehead atoms. The SMILES string of the molecule is O=C(NCCn1ncccc1=O)[C@@H]1COc2ccccc2O1. The van der Waals surface area contributed by atoms with Gasteiger partial charge in [-0.2, -0.15) is 5.10 Å². The van der Waals surface area contributed by atoms with E-state index in [9.17, 15) is 9.59 Å². The third kappa shape index (κ3) is 3.08. The van der Waals surface area contributed by atoms with Crippen LogP contribution in [0.25, 0.3) is 0 Å². The molecule has 0 saturated heterocycles. The molecule has 1 aliphatic heterocycles. The predicted molar refractivity (Wildman–Crippen MR) is 77.9 cm³/mol. The Bertz CT molecular complexity index is 728. The maximum atomic E-state index is 12.1. The molecular weight excluding hydrogens is 286 g/mol. The predicted octanol–water partition coefficient (Wildman–Crippen LogP) is 0.199. The second kappa shape index (κ2) is 6.30. The highest BCUT2D eigenvalue weighted by Crippen LogP contribution is 2.30. The molecule has 7 nitrogen and oxygen atoms in total. The summed E-state index contributed by atoms with van der Waals surface area (Å²) in [7, 11) is 0. The Hall–Kier alpha value is -2.83. The van der Waals surface area contributed by atoms with Crippen LogP contribution in [0.5, 0.6) is 11.5 Å². The van der Waals surface area contributed by atoms with Crippen molar-refractivity contribution in [2.75, 3.05) is 13.2 Å². The molecule has 0 radical (unpaired) electrons. The standard InChI is InChI=1S/C15H15N3O4/c19-14-6-3-7-17-18(14)9-8-16-15(20)13-10-21-11-4-1-2-5-12(11)22-13/h1-7,13H,8-10H2,(H,16,20)/t13-/m0/s1. The molecule has 0 aliphatic carbocycles. The number of fused-ring (bicyclic) bond motifs is 1. The molecule has 1 aromatic carbocycles. The van der Waals surface area contributed by atoms with Crippen molar-refractivity contribution < 1.29 is 14.3 Å². The molecule has 1 N–H and O–H groups in total. The van der Waals surface area contributed by atoms with Crippen LogP contribution >= 0.6 is 0 Å². The summed E-state index contributed by atoms with van der Waals surface area (Å²) >= 11 is 0. The lowest BCUT2D eigenvalue weighted by molar-refractivity contribution is -0.130. The van der Waals surface area contributed by atoms with Gasteiger partial charge in [0.2, 0.25) is 6.10 Å². The molecule has 1 aliphatic rings. The van der Waals surface area contributed by atoms with Gasteiger partial charge in [-0.3, -0.25) is 9.59 Å². The molecule has 2 aromatic rings. The molecule has 0 fully saturated rings. The molecule has 0 saturated carbocycles. The number of nitrogens with one attached hydrogen (secondary N) is 1. The summed E-state index contributed by atoms with van der Waals surface area (Å²) in [6.45, 7) is 0.749. The van der Waals surface area contributed by atoms with Crippen molar-refractivity contribution in [1.29, 1.82) is 0 Å². The molecule has 1 atom stereocenters. The Morgan fingerprint density at radius 2 is 2.09 bits per heavy atom. The van der Waals surface area contributed by atoms with Crippen molar-refractivity contribution in [3.63, 3.8) is 0 Å². The van der Waals surface area contributed by atoms with Gasteiger partial charge in [0.25, 0.3) is 11.5 Å². The van der Waals surface area contributed by atoms with Gasteiger partial charge in [-0.15, -0.1) is 0 Å². The van der Waals surface area contributed by atoms with Crippen molar-refractivity contribution in [2.45, 2.75) is 12.6 Å². The summed E-state index contributed by atoms with van der Waals surface area (Å²) in [6.07, 6.45) is 0.827. The minimum atomic E-state index is -0.699. The number of hydrogen-bond donors (Lipinski definition) is 1. The number of nitrogens with zero attached hydrogens (tertiary/aromatic N) is 2. The number of carbonyl (C=O) groups is 1. The number of benzene rings is 1. The number of ether oxygens (including phenoxy) is 2. The first-order chi connectivity index (χ1) is 10.7. The topological polar surface area (TPSA) is 82.5 Å².